The van der Waals surface area contributed by atoms with Gasteiger partial charge in [-0.25, -0.2) is 4.68 Å². The number of nitrogens with one attached hydrogen (secondary N) is 1. The predicted molar refractivity (Wildman–Crippen MR) is 79.0 cm³/mol. The molecule has 0 amide bonds. The van der Waals surface area contributed by atoms with Gasteiger partial charge in [0.2, 0.25) is 0 Å². The summed E-state index contributed by atoms with van der Waals surface area (Å²) in [5, 5.41) is 7.56. The lowest BCUT2D eigenvalue weighted by atomic mass is 10.1. The van der Waals surface area contributed by atoms with Crippen LogP contribution >= 0.6 is 15.9 Å². The second-order valence-electron chi connectivity index (χ2n) is 4.91. The fraction of sp³-hybridized carbons (Fsp3) is 0.692. The molecule has 5 heteroatoms. The molecule has 0 unspecified atom stereocenters. The number of anilines is 1. The third kappa shape index (κ3) is 3.83. The highest BCUT2D eigenvalue weighted by atomic mass is 79.9. The van der Waals surface area contributed by atoms with Crippen LogP contribution in [0.25, 0.3) is 0 Å². The Labute approximate surface area is 117 Å². The SMILES string of the molecule is CCC(CC)Nc1cnn(CC(C)C)c(=O)c1Br. The van der Waals surface area contributed by atoms with E-state index in [2.05, 4.69) is 54.0 Å². The maximum absolute atomic E-state index is 12.1. The van der Waals surface area contributed by atoms with Crippen molar-refractivity contribution in [2.45, 2.75) is 53.1 Å². The first-order valence-electron chi connectivity index (χ1n) is 6.51. The number of hydrogen-bond donors (Lipinski definition) is 1. The molecule has 1 rings (SSSR count). The summed E-state index contributed by atoms with van der Waals surface area (Å²) in [7, 11) is 0. The van der Waals surface area contributed by atoms with Crippen molar-refractivity contribution in [3.63, 3.8) is 0 Å². The van der Waals surface area contributed by atoms with Gasteiger partial charge in [0, 0.05) is 12.6 Å². The molecule has 0 radical (unpaired) electrons. The Morgan fingerprint density at radius 3 is 2.50 bits per heavy atom. The minimum absolute atomic E-state index is 0.0698. The van der Waals surface area contributed by atoms with Crippen molar-refractivity contribution in [3.05, 3.63) is 21.0 Å². The van der Waals surface area contributed by atoms with Gasteiger partial charge in [-0.1, -0.05) is 27.7 Å². The number of aromatic nitrogens is 2. The van der Waals surface area contributed by atoms with Gasteiger partial charge in [-0.3, -0.25) is 4.79 Å². The minimum Gasteiger partial charge on any atom is -0.380 e. The van der Waals surface area contributed by atoms with Crippen molar-refractivity contribution in [1.82, 2.24) is 9.78 Å². The van der Waals surface area contributed by atoms with E-state index in [0.29, 0.717) is 23.0 Å². The van der Waals surface area contributed by atoms with Gasteiger partial charge >= 0.3 is 0 Å². The molecule has 0 aliphatic heterocycles. The summed E-state index contributed by atoms with van der Waals surface area (Å²) in [5.41, 5.74) is 0.716. The molecule has 0 fully saturated rings. The second-order valence-corrected chi connectivity index (χ2v) is 5.70. The van der Waals surface area contributed by atoms with Crippen LogP contribution in [-0.2, 0) is 6.54 Å². The van der Waals surface area contributed by atoms with Crippen LogP contribution in [0.2, 0.25) is 0 Å². The largest absolute Gasteiger partial charge is 0.380 e. The van der Waals surface area contributed by atoms with E-state index < -0.39 is 0 Å². The molecule has 1 aromatic rings. The lowest BCUT2D eigenvalue weighted by Gasteiger charge is -2.17. The molecular weight excluding hydrogens is 294 g/mol. The molecule has 1 heterocycles. The third-order valence-electron chi connectivity index (χ3n) is 2.87. The molecule has 102 valence electrons. The summed E-state index contributed by atoms with van der Waals surface area (Å²) in [4.78, 5) is 12.1. The van der Waals surface area contributed by atoms with Crippen molar-refractivity contribution < 1.29 is 0 Å². The van der Waals surface area contributed by atoms with E-state index in [1.807, 2.05) is 0 Å². The molecule has 0 saturated heterocycles. The van der Waals surface area contributed by atoms with E-state index in [1.165, 1.54) is 4.68 Å². The fourth-order valence-electron chi connectivity index (χ4n) is 1.75. The van der Waals surface area contributed by atoms with Crippen LogP contribution in [0.15, 0.2) is 15.5 Å². The van der Waals surface area contributed by atoms with Crippen LogP contribution < -0.4 is 10.9 Å². The molecule has 0 aliphatic rings. The number of rotatable bonds is 6. The average Bonchev–Trinajstić information content (AvgIpc) is 2.34. The zero-order valence-electron chi connectivity index (χ0n) is 11.5. The molecule has 0 aliphatic carbocycles. The summed E-state index contributed by atoms with van der Waals surface area (Å²) in [6, 6.07) is 0.378. The van der Waals surface area contributed by atoms with Gasteiger partial charge in [-0.15, -0.1) is 0 Å². The molecule has 1 N–H and O–H groups in total. The van der Waals surface area contributed by atoms with Gasteiger partial charge in [-0.05, 0) is 34.7 Å². The lowest BCUT2D eigenvalue weighted by molar-refractivity contribution is 0.462. The second kappa shape index (κ2) is 6.92. The Bertz CT molecular complexity index is 438. The van der Waals surface area contributed by atoms with Crippen LogP contribution in [0.1, 0.15) is 40.5 Å². The van der Waals surface area contributed by atoms with Crippen molar-refractivity contribution in [1.29, 1.82) is 0 Å². The molecule has 0 saturated carbocycles. The quantitative estimate of drug-likeness (QED) is 0.876. The Balaban J connectivity index is 2.97. The summed E-state index contributed by atoms with van der Waals surface area (Å²) in [5.74, 6) is 0.403. The van der Waals surface area contributed by atoms with E-state index in [-0.39, 0.29) is 5.56 Å². The molecule has 0 spiro atoms. The van der Waals surface area contributed by atoms with Crippen LogP contribution in [-0.4, -0.2) is 15.8 Å². The standard InChI is InChI=1S/C13H22BrN3O/c1-5-10(6-2)16-11-7-15-17(8-9(3)4)13(18)12(11)14/h7,9-10,16H,5-6,8H2,1-4H3. The summed E-state index contributed by atoms with van der Waals surface area (Å²) in [6.45, 7) is 9.03. The third-order valence-corrected chi connectivity index (χ3v) is 3.63. The number of hydrogen-bond acceptors (Lipinski definition) is 3. The first kappa shape index (κ1) is 15.2. The van der Waals surface area contributed by atoms with Crippen LogP contribution in [0.5, 0.6) is 0 Å². The van der Waals surface area contributed by atoms with Crippen LogP contribution in [0.4, 0.5) is 5.69 Å². The highest BCUT2D eigenvalue weighted by Crippen LogP contribution is 2.19. The number of halogens is 1. The maximum Gasteiger partial charge on any atom is 0.283 e. The van der Waals surface area contributed by atoms with Gasteiger partial charge in [0.15, 0.2) is 0 Å². The van der Waals surface area contributed by atoms with Crippen molar-refractivity contribution in [2.24, 2.45) is 5.92 Å². The summed E-state index contributed by atoms with van der Waals surface area (Å²) >= 11 is 3.37. The first-order valence-corrected chi connectivity index (χ1v) is 7.31. The minimum atomic E-state index is -0.0698. The van der Waals surface area contributed by atoms with Crippen LogP contribution in [0, 0.1) is 5.92 Å². The fourth-order valence-corrected chi connectivity index (χ4v) is 2.18. The normalized spacial score (nSPS) is 11.3. The average molecular weight is 316 g/mol. The molecule has 1 aromatic heterocycles. The predicted octanol–water partition coefficient (Wildman–Crippen LogP) is 3.26. The van der Waals surface area contributed by atoms with Gasteiger partial charge in [-0.2, -0.15) is 5.10 Å². The summed E-state index contributed by atoms with van der Waals surface area (Å²) < 4.78 is 2.08. The van der Waals surface area contributed by atoms with Crippen molar-refractivity contribution in [2.75, 3.05) is 5.32 Å². The van der Waals surface area contributed by atoms with Gasteiger partial charge in [0.25, 0.3) is 5.56 Å². The topological polar surface area (TPSA) is 46.9 Å². The van der Waals surface area contributed by atoms with E-state index in [1.54, 1.807) is 6.20 Å². The molecule has 0 bridgehead atoms. The zero-order chi connectivity index (χ0) is 13.7. The van der Waals surface area contributed by atoms with E-state index in [0.717, 1.165) is 18.5 Å². The smallest absolute Gasteiger partial charge is 0.283 e. The van der Waals surface area contributed by atoms with E-state index in [4.69, 9.17) is 0 Å². The highest BCUT2D eigenvalue weighted by molar-refractivity contribution is 9.10. The van der Waals surface area contributed by atoms with Crippen molar-refractivity contribution >= 4 is 21.6 Å². The Kier molecular flexibility index (Phi) is 5.85. The zero-order valence-corrected chi connectivity index (χ0v) is 13.1. The highest BCUT2D eigenvalue weighted by Gasteiger charge is 2.12. The number of nitrogens with zero attached hydrogens (tertiary/aromatic N) is 2. The first-order chi connectivity index (χ1) is 8.49. The molecule has 0 atom stereocenters. The molecule has 4 nitrogen and oxygen atoms in total. The van der Waals surface area contributed by atoms with Gasteiger partial charge < -0.3 is 5.32 Å². The molecule has 0 aromatic carbocycles. The maximum atomic E-state index is 12.1. The van der Waals surface area contributed by atoms with E-state index >= 15 is 0 Å². The lowest BCUT2D eigenvalue weighted by Crippen LogP contribution is -2.28. The summed E-state index contributed by atoms with van der Waals surface area (Å²) in [6.07, 6.45) is 3.78. The van der Waals surface area contributed by atoms with Crippen LogP contribution in [0.3, 0.4) is 0 Å². The Hall–Kier alpha value is -0.840. The van der Waals surface area contributed by atoms with Gasteiger partial charge in [0.05, 0.1) is 11.9 Å². The Morgan fingerprint density at radius 2 is 2.00 bits per heavy atom. The molecule has 18 heavy (non-hydrogen) atoms. The van der Waals surface area contributed by atoms with Gasteiger partial charge in [0.1, 0.15) is 4.47 Å². The molecular formula is C13H22BrN3O. The monoisotopic (exact) mass is 315 g/mol. The Morgan fingerprint density at radius 1 is 1.39 bits per heavy atom. The van der Waals surface area contributed by atoms with E-state index in [9.17, 15) is 4.79 Å². The van der Waals surface area contributed by atoms with Crippen molar-refractivity contribution in [3.8, 4) is 0 Å².